The Balaban J connectivity index is 1.55. The molecule has 0 bridgehead atoms. The van der Waals surface area contributed by atoms with Gasteiger partial charge in [0.25, 0.3) is 0 Å². The summed E-state index contributed by atoms with van der Waals surface area (Å²) in [7, 11) is 0. The molecule has 3 N–H and O–H groups in total. The number of fused-ring (bicyclic) bond motifs is 1. The lowest BCUT2D eigenvalue weighted by Gasteiger charge is -2.15. The summed E-state index contributed by atoms with van der Waals surface area (Å²) in [4.78, 5) is 27.1. The van der Waals surface area contributed by atoms with E-state index in [0.29, 0.717) is 17.6 Å². The molecule has 1 atom stereocenters. The summed E-state index contributed by atoms with van der Waals surface area (Å²) in [6.45, 7) is 2.40. The Kier molecular flexibility index (Phi) is 4.47. The number of rotatable bonds is 6. The summed E-state index contributed by atoms with van der Waals surface area (Å²) in [5.74, 6) is -0.557. The second kappa shape index (κ2) is 6.70. The molecule has 23 heavy (non-hydrogen) atoms. The zero-order valence-electron chi connectivity index (χ0n) is 12.6. The first-order chi connectivity index (χ1) is 11.1. The molecular formula is C16H17N3O3S. The maximum Gasteiger partial charge on any atom is 0.417 e. The van der Waals surface area contributed by atoms with Crippen molar-refractivity contribution in [2.45, 2.75) is 19.4 Å². The van der Waals surface area contributed by atoms with E-state index in [1.807, 2.05) is 11.4 Å². The number of carbonyl (C=O) groups is 1. The number of hydrogen-bond donors (Lipinski definition) is 3. The Labute approximate surface area is 136 Å². The van der Waals surface area contributed by atoms with Gasteiger partial charge in [0.15, 0.2) is 5.58 Å². The van der Waals surface area contributed by atoms with Gasteiger partial charge in [-0.2, -0.15) is 0 Å². The Morgan fingerprint density at radius 3 is 3.04 bits per heavy atom. The van der Waals surface area contributed by atoms with E-state index in [-0.39, 0.29) is 11.9 Å². The fourth-order valence-electron chi connectivity index (χ4n) is 2.27. The minimum absolute atomic E-state index is 0.0673. The largest absolute Gasteiger partial charge is 0.417 e. The van der Waals surface area contributed by atoms with E-state index < -0.39 is 5.76 Å². The first kappa shape index (κ1) is 15.4. The topological polar surface area (TPSA) is 87.1 Å². The number of benzene rings is 1. The molecule has 0 spiro atoms. The average Bonchev–Trinajstić information content (AvgIpc) is 3.15. The number of aromatic nitrogens is 1. The molecule has 0 saturated heterocycles. The summed E-state index contributed by atoms with van der Waals surface area (Å²) in [5.41, 5.74) is 1.84. The quantitative estimate of drug-likeness (QED) is 0.647. The highest BCUT2D eigenvalue weighted by atomic mass is 32.1. The van der Waals surface area contributed by atoms with Gasteiger partial charge in [0, 0.05) is 17.1 Å². The minimum Gasteiger partial charge on any atom is -0.408 e. The minimum atomic E-state index is -0.489. The SMILES string of the molecule is C[C@H](Nc1ccc2oc(=O)[nH]c2c1)C(=O)NCCc1cccs1. The maximum absolute atomic E-state index is 12.1. The molecule has 7 heteroatoms. The Morgan fingerprint density at radius 2 is 2.26 bits per heavy atom. The summed E-state index contributed by atoms with van der Waals surface area (Å²) in [5, 5.41) is 8.05. The van der Waals surface area contributed by atoms with E-state index in [4.69, 9.17) is 4.42 Å². The van der Waals surface area contributed by atoms with Crippen LogP contribution in [0.1, 0.15) is 11.8 Å². The zero-order chi connectivity index (χ0) is 16.2. The van der Waals surface area contributed by atoms with Crippen LogP contribution in [-0.2, 0) is 11.2 Å². The molecule has 0 aliphatic heterocycles. The molecule has 0 unspecified atom stereocenters. The molecule has 0 saturated carbocycles. The van der Waals surface area contributed by atoms with Gasteiger partial charge in [-0.05, 0) is 43.0 Å². The van der Waals surface area contributed by atoms with Crippen molar-refractivity contribution in [2.75, 3.05) is 11.9 Å². The van der Waals surface area contributed by atoms with E-state index in [9.17, 15) is 9.59 Å². The van der Waals surface area contributed by atoms with Gasteiger partial charge < -0.3 is 15.1 Å². The van der Waals surface area contributed by atoms with Crippen LogP contribution in [0.2, 0.25) is 0 Å². The molecule has 1 amide bonds. The third-order valence-electron chi connectivity index (χ3n) is 3.45. The number of hydrogen-bond acceptors (Lipinski definition) is 5. The number of H-pyrrole nitrogens is 1. The molecule has 0 fully saturated rings. The highest BCUT2D eigenvalue weighted by Gasteiger charge is 2.12. The predicted molar refractivity (Wildman–Crippen MR) is 91.0 cm³/mol. The predicted octanol–water partition coefficient (Wildman–Crippen LogP) is 2.34. The summed E-state index contributed by atoms with van der Waals surface area (Å²) < 4.78 is 4.95. The molecule has 0 aliphatic rings. The molecule has 3 rings (SSSR count). The van der Waals surface area contributed by atoms with Gasteiger partial charge in [0.2, 0.25) is 5.91 Å². The third kappa shape index (κ3) is 3.81. The van der Waals surface area contributed by atoms with Gasteiger partial charge in [-0.25, -0.2) is 4.79 Å². The fourth-order valence-corrected chi connectivity index (χ4v) is 2.98. The second-order valence-corrected chi connectivity index (χ2v) is 6.24. The van der Waals surface area contributed by atoms with Crippen molar-refractivity contribution in [3.8, 4) is 0 Å². The van der Waals surface area contributed by atoms with Gasteiger partial charge in [0.1, 0.15) is 6.04 Å². The fraction of sp³-hybridized carbons (Fsp3) is 0.250. The monoisotopic (exact) mass is 331 g/mol. The third-order valence-corrected chi connectivity index (χ3v) is 4.38. The van der Waals surface area contributed by atoms with Gasteiger partial charge in [-0.3, -0.25) is 9.78 Å². The van der Waals surface area contributed by atoms with Crippen LogP contribution in [0.25, 0.3) is 11.1 Å². The summed E-state index contributed by atoms with van der Waals surface area (Å²) >= 11 is 1.68. The molecule has 0 aliphatic carbocycles. The van der Waals surface area contributed by atoms with E-state index in [1.54, 1.807) is 36.5 Å². The number of amides is 1. The van der Waals surface area contributed by atoms with Crippen molar-refractivity contribution in [2.24, 2.45) is 0 Å². The lowest BCUT2D eigenvalue weighted by molar-refractivity contribution is -0.121. The van der Waals surface area contributed by atoms with Gasteiger partial charge >= 0.3 is 5.76 Å². The number of thiophene rings is 1. The molecule has 2 aromatic heterocycles. The van der Waals surface area contributed by atoms with Crippen LogP contribution in [0.3, 0.4) is 0 Å². The Bertz CT molecular complexity index is 851. The van der Waals surface area contributed by atoms with Crippen LogP contribution in [0.15, 0.2) is 44.9 Å². The van der Waals surface area contributed by atoms with Gasteiger partial charge in [-0.1, -0.05) is 6.07 Å². The number of aromatic amines is 1. The molecule has 3 aromatic rings. The lowest BCUT2D eigenvalue weighted by Crippen LogP contribution is -2.38. The lowest BCUT2D eigenvalue weighted by atomic mass is 10.2. The van der Waals surface area contributed by atoms with E-state index >= 15 is 0 Å². The van der Waals surface area contributed by atoms with Crippen LogP contribution >= 0.6 is 11.3 Å². The van der Waals surface area contributed by atoms with Crippen molar-refractivity contribution in [3.63, 3.8) is 0 Å². The molecule has 1 aromatic carbocycles. The molecule has 2 heterocycles. The van der Waals surface area contributed by atoms with Crippen LogP contribution in [0.5, 0.6) is 0 Å². The smallest absolute Gasteiger partial charge is 0.408 e. The summed E-state index contributed by atoms with van der Waals surface area (Å²) in [6, 6.07) is 8.89. The number of anilines is 1. The Morgan fingerprint density at radius 1 is 1.39 bits per heavy atom. The number of nitrogens with one attached hydrogen (secondary N) is 3. The highest BCUT2D eigenvalue weighted by Crippen LogP contribution is 2.16. The highest BCUT2D eigenvalue weighted by molar-refractivity contribution is 7.09. The molecule has 0 radical (unpaired) electrons. The van der Waals surface area contributed by atoms with E-state index in [1.165, 1.54) is 4.88 Å². The van der Waals surface area contributed by atoms with Crippen LogP contribution in [-0.4, -0.2) is 23.5 Å². The Hall–Kier alpha value is -2.54. The van der Waals surface area contributed by atoms with Crippen molar-refractivity contribution in [1.82, 2.24) is 10.3 Å². The molecule has 120 valence electrons. The first-order valence-corrected chi connectivity index (χ1v) is 8.19. The van der Waals surface area contributed by atoms with Gasteiger partial charge in [-0.15, -0.1) is 11.3 Å². The zero-order valence-corrected chi connectivity index (χ0v) is 13.4. The standard InChI is InChI=1S/C16H17N3O3S/c1-10(15(20)17-7-6-12-3-2-8-23-12)18-11-4-5-14-13(9-11)19-16(21)22-14/h2-5,8-10,18H,6-7H2,1H3,(H,17,20)(H,19,21)/t10-/m0/s1. The van der Waals surface area contributed by atoms with Crippen molar-refractivity contribution < 1.29 is 9.21 Å². The van der Waals surface area contributed by atoms with Crippen LogP contribution in [0.4, 0.5) is 5.69 Å². The summed E-state index contributed by atoms with van der Waals surface area (Å²) in [6.07, 6.45) is 0.832. The molecular weight excluding hydrogens is 314 g/mol. The van der Waals surface area contributed by atoms with Crippen molar-refractivity contribution in [3.05, 3.63) is 51.1 Å². The maximum atomic E-state index is 12.1. The van der Waals surface area contributed by atoms with E-state index in [0.717, 1.165) is 12.1 Å². The van der Waals surface area contributed by atoms with Crippen molar-refractivity contribution in [1.29, 1.82) is 0 Å². The van der Waals surface area contributed by atoms with Crippen LogP contribution in [0, 0.1) is 0 Å². The number of carbonyl (C=O) groups excluding carboxylic acids is 1. The normalized spacial score (nSPS) is 12.2. The van der Waals surface area contributed by atoms with Crippen molar-refractivity contribution >= 4 is 34.0 Å². The molecule has 6 nitrogen and oxygen atoms in total. The first-order valence-electron chi connectivity index (χ1n) is 7.31. The average molecular weight is 331 g/mol. The number of oxazole rings is 1. The van der Waals surface area contributed by atoms with E-state index in [2.05, 4.69) is 21.7 Å². The second-order valence-electron chi connectivity index (χ2n) is 5.21. The van der Waals surface area contributed by atoms with Gasteiger partial charge in [0.05, 0.1) is 5.52 Å². The van der Waals surface area contributed by atoms with Crippen LogP contribution < -0.4 is 16.4 Å².